The van der Waals surface area contributed by atoms with Gasteiger partial charge in [-0.15, -0.1) is 0 Å². The minimum absolute atomic E-state index is 0.181. The topological polar surface area (TPSA) is 29.5 Å². The Morgan fingerprint density at radius 1 is 1.46 bits per heavy atom. The highest BCUT2D eigenvalue weighted by molar-refractivity contribution is 5.45. The number of para-hydroxylation sites is 1. The summed E-state index contributed by atoms with van der Waals surface area (Å²) in [4.78, 5) is 0. The first-order valence-corrected chi connectivity index (χ1v) is 4.36. The second kappa shape index (κ2) is 4.55. The largest absolute Gasteiger partial charge is 0.504 e. The standard InChI is InChI=1S/C11H14O2/c1-3-4-8-13-11-9(2)6-5-7-10(11)12/h4-8,12H,3H2,1-2H3. The van der Waals surface area contributed by atoms with Gasteiger partial charge in [-0.25, -0.2) is 0 Å². The molecule has 1 aromatic carbocycles. The van der Waals surface area contributed by atoms with Crippen LogP contribution in [0.15, 0.2) is 30.5 Å². The summed E-state index contributed by atoms with van der Waals surface area (Å²) in [7, 11) is 0. The molecule has 0 atom stereocenters. The van der Waals surface area contributed by atoms with Crippen LogP contribution in [-0.2, 0) is 0 Å². The van der Waals surface area contributed by atoms with E-state index in [2.05, 4.69) is 0 Å². The molecule has 0 aliphatic rings. The lowest BCUT2D eigenvalue weighted by molar-refractivity contribution is 0.407. The molecule has 0 amide bonds. The molecule has 0 fully saturated rings. The zero-order valence-electron chi connectivity index (χ0n) is 7.95. The number of phenolic OH excluding ortho intramolecular Hbond substituents is 1. The van der Waals surface area contributed by atoms with Crippen molar-refractivity contribution in [1.82, 2.24) is 0 Å². The smallest absolute Gasteiger partial charge is 0.170 e. The third-order valence-electron chi connectivity index (χ3n) is 1.71. The fourth-order valence-electron chi connectivity index (χ4n) is 1.00. The second-order valence-electron chi connectivity index (χ2n) is 2.82. The predicted molar refractivity (Wildman–Crippen MR) is 52.9 cm³/mol. The molecule has 0 bridgehead atoms. The molecule has 1 N–H and O–H groups in total. The van der Waals surface area contributed by atoms with Gasteiger partial charge in [0.25, 0.3) is 0 Å². The van der Waals surface area contributed by atoms with E-state index in [0.717, 1.165) is 12.0 Å². The monoisotopic (exact) mass is 178 g/mol. The Labute approximate surface area is 78.5 Å². The van der Waals surface area contributed by atoms with Crippen LogP contribution in [0.4, 0.5) is 0 Å². The molecule has 13 heavy (non-hydrogen) atoms. The lowest BCUT2D eigenvalue weighted by atomic mass is 10.2. The number of hydrogen-bond donors (Lipinski definition) is 1. The van der Waals surface area contributed by atoms with Gasteiger partial charge in [0, 0.05) is 0 Å². The molecule has 2 nitrogen and oxygen atoms in total. The summed E-state index contributed by atoms with van der Waals surface area (Å²) < 4.78 is 5.28. The number of ether oxygens (including phenoxy) is 1. The van der Waals surface area contributed by atoms with Crippen LogP contribution in [0.3, 0.4) is 0 Å². The van der Waals surface area contributed by atoms with Crippen LogP contribution in [0.2, 0.25) is 0 Å². The van der Waals surface area contributed by atoms with Crippen molar-refractivity contribution in [2.45, 2.75) is 20.3 Å². The van der Waals surface area contributed by atoms with Gasteiger partial charge in [0.15, 0.2) is 11.5 Å². The first-order chi connectivity index (χ1) is 6.25. The number of allylic oxidation sites excluding steroid dienone is 1. The summed E-state index contributed by atoms with van der Waals surface area (Å²) in [5.41, 5.74) is 0.931. The van der Waals surface area contributed by atoms with Crippen molar-refractivity contribution >= 4 is 0 Å². The number of aryl methyl sites for hydroxylation is 1. The summed E-state index contributed by atoms with van der Waals surface area (Å²) >= 11 is 0. The maximum absolute atomic E-state index is 9.43. The number of benzene rings is 1. The van der Waals surface area contributed by atoms with E-state index in [1.54, 1.807) is 18.4 Å². The summed E-state index contributed by atoms with van der Waals surface area (Å²) in [6.45, 7) is 3.92. The molecule has 0 radical (unpaired) electrons. The minimum atomic E-state index is 0.181. The lowest BCUT2D eigenvalue weighted by Gasteiger charge is -2.05. The first-order valence-electron chi connectivity index (χ1n) is 4.36. The van der Waals surface area contributed by atoms with E-state index in [-0.39, 0.29) is 5.75 Å². The van der Waals surface area contributed by atoms with E-state index in [0.29, 0.717) is 5.75 Å². The third kappa shape index (κ3) is 2.51. The van der Waals surface area contributed by atoms with Gasteiger partial charge in [-0.05, 0) is 31.1 Å². The van der Waals surface area contributed by atoms with Crippen molar-refractivity contribution in [3.63, 3.8) is 0 Å². The van der Waals surface area contributed by atoms with E-state index in [9.17, 15) is 5.11 Å². The molecule has 0 heterocycles. The van der Waals surface area contributed by atoms with Crippen molar-refractivity contribution < 1.29 is 9.84 Å². The zero-order chi connectivity index (χ0) is 9.68. The Hall–Kier alpha value is -1.44. The van der Waals surface area contributed by atoms with Gasteiger partial charge in [-0.1, -0.05) is 19.1 Å². The zero-order valence-corrected chi connectivity index (χ0v) is 7.95. The molecule has 0 saturated heterocycles. The molecule has 0 spiro atoms. The van der Waals surface area contributed by atoms with E-state index in [1.807, 2.05) is 26.0 Å². The normalized spacial score (nSPS) is 10.6. The molecular weight excluding hydrogens is 164 g/mol. The Kier molecular flexibility index (Phi) is 3.38. The average Bonchev–Trinajstić information content (AvgIpc) is 2.10. The molecule has 0 aliphatic carbocycles. The van der Waals surface area contributed by atoms with E-state index < -0.39 is 0 Å². The van der Waals surface area contributed by atoms with Crippen LogP contribution in [-0.4, -0.2) is 5.11 Å². The molecule has 70 valence electrons. The van der Waals surface area contributed by atoms with Crippen molar-refractivity contribution in [2.24, 2.45) is 0 Å². The van der Waals surface area contributed by atoms with E-state index in [1.165, 1.54) is 0 Å². The van der Waals surface area contributed by atoms with Crippen LogP contribution in [0.1, 0.15) is 18.9 Å². The molecule has 0 aromatic heterocycles. The van der Waals surface area contributed by atoms with Crippen molar-refractivity contribution in [3.8, 4) is 11.5 Å². The summed E-state index contributed by atoms with van der Waals surface area (Å²) in [6.07, 6.45) is 4.42. The molecule has 2 heteroatoms. The maximum atomic E-state index is 9.43. The number of rotatable bonds is 3. The fourth-order valence-corrected chi connectivity index (χ4v) is 1.00. The van der Waals surface area contributed by atoms with Gasteiger partial charge >= 0.3 is 0 Å². The van der Waals surface area contributed by atoms with Crippen molar-refractivity contribution in [1.29, 1.82) is 0 Å². The first kappa shape index (κ1) is 9.65. The van der Waals surface area contributed by atoms with Crippen LogP contribution >= 0.6 is 0 Å². The van der Waals surface area contributed by atoms with Gasteiger partial charge < -0.3 is 9.84 Å². The molecule has 0 saturated carbocycles. The maximum Gasteiger partial charge on any atom is 0.170 e. The van der Waals surface area contributed by atoms with Crippen LogP contribution in [0.5, 0.6) is 11.5 Å². The fraction of sp³-hybridized carbons (Fsp3) is 0.273. The highest BCUT2D eigenvalue weighted by Crippen LogP contribution is 2.29. The summed E-state index contributed by atoms with van der Waals surface area (Å²) in [6, 6.07) is 5.30. The second-order valence-corrected chi connectivity index (χ2v) is 2.82. The molecule has 1 rings (SSSR count). The SMILES string of the molecule is CCC=COc1c(C)cccc1O. The number of hydrogen-bond acceptors (Lipinski definition) is 2. The van der Waals surface area contributed by atoms with Gasteiger partial charge in [0.1, 0.15) is 0 Å². The average molecular weight is 178 g/mol. The molecule has 1 aromatic rings. The molecule has 0 aliphatic heterocycles. The Morgan fingerprint density at radius 2 is 2.23 bits per heavy atom. The highest BCUT2D eigenvalue weighted by Gasteiger charge is 2.02. The van der Waals surface area contributed by atoms with Crippen LogP contribution < -0.4 is 4.74 Å². The minimum Gasteiger partial charge on any atom is -0.504 e. The van der Waals surface area contributed by atoms with Crippen LogP contribution in [0, 0.1) is 6.92 Å². The Morgan fingerprint density at radius 3 is 2.85 bits per heavy atom. The molecular formula is C11H14O2. The van der Waals surface area contributed by atoms with E-state index in [4.69, 9.17) is 4.74 Å². The predicted octanol–water partition coefficient (Wildman–Crippen LogP) is 3.00. The Bertz CT molecular complexity index is 283. The third-order valence-corrected chi connectivity index (χ3v) is 1.71. The quantitative estimate of drug-likeness (QED) is 0.721. The highest BCUT2D eigenvalue weighted by atomic mass is 16.5. The Balaban J connectivity index is 2.81. The summed E-state index contributed by atoms with van der Waals surface area (Å²) in [5, 5.41) is 9.43. The molecule has 0 unspecified atom stereocenters. The van der Waals surface area contributed by atoms with Gasteiger partial charge in [0.05, 0.1) is 6.26 Å². The van der Waals surface area contributed by atoms with Gasteiger partial charge in [0.2, 0.25) is 0 Å². The van der Waals surface area contributed by atoms with Crippen molar-refractivity contribution in [3.05, 3.63) is 36.1 Å². The van der Waals surface area contributed by atoms with E-state index >= 15 is 0 Å². The lowest BCUT2D eigenvalue weighted by Crippen LogP contribution is -1.86. The van der Waals surface area contributed by atoms with Gasteiger partial charge in [-0.3, -0.25) is 0 Å². The van der Waals surface area contributed by atoms with Crippen molar-refractivity contribution in [2.75, 3.05) is 0 Å². The summed E-state index contributed by atoms with van der Waals surface area (Å²) in [5.74, 6) is 0.716. The number of phenols is 1. The van der Waals surface area contributed by atoms with Crippen LogP contribution in [0.25, 0.3) is 0 Å². The number of aromatic hydroxyl groups is 1. The van der Waals surface area contributed by atoms with Gasteiger partial charge in [-0.2, -0.15) is 0 Å².